The molecule has 33 heavy (non-hydrogen) atoms. The van der Waals surface area contributed by atoms with Crippen LogP contribution < -0.4 is 21.9 Å². The fourth-order valence-electron chi connectivity index (χ4n) is 5.96. The zero-order valence-electron chi connectivity index (χ0n) is 19.2. The van der Waals surface area contributed by atoms with E-state index in [1.807, 2.05) is 0 Å². The molecule has 2 aromatic carbocycles. The van der Waals surface area contributed by atoms with Crippen molar-refractivity contribution in [2.75, 3.05) is 19.7 Å². The molecule has 6 rings (SSSR count). The number of piperidine rings is 1. The van der Waals surface area contributed by atoms with Crippen LogP contribution in [0.15, 0.2) is 42.5 Å². The summed E-state index contributed by atoms with van der Waals surface area (Å²) in [7, 11) is 0. The number of carbonyl (C=O) groups excluding carboxylic acids is 1. The van der Waals surface area contributed by atoms with Crippen LogP contribution in [0.2, 0.25) is 0 Å². The average Bonchev–Trinajstić information content (AvgIpc) is 3.28. The largest absolute Gasteiger partial charge is 0.368 e. The molecule has 4 fully saturated rings. The van der Waals surface area contributed by atoms with Gasteiger partial charge in [0, 0.05) is 19.7 Å². The van der Waals surface area contributed by atoms with E-state index in [-0.39, 0.29) is 18.2 Å². The van der Waals surface area contributed by atoms with Crippen LogP contribution in [0.1, 0.15) is 60.9 Å². The normalized spacial score (nSPS) is 26.8. The third kappa shape index (κ3) is 3.98. The summed E-state index contributed by atoms with van der Waals surface area (Å²) in [5.41, 5.74) is 18.9. The number of benzene rings is 2. The number of nitrogens with zero attached hydrogens (tertiary/aromatic N) is 1. The Kier molecular flexibility index (Phi) is 5.47. The van der Waals surface area contributed by atoms with E-state index in [4.69, 9.17) is 4.74 Å². The molecule has 0 unspecified atom stereocenters. The topological polar surface area (TPSA) is 77.7 Å². The zero-order chi connectivity index (χ0) is 22.4. The smallest absolute Gasteiger partial charge is 0.251 e. The molecule has 7 nitrogen and oxygen atoms in total. The average molecular weight is 448 g/mol. The molecule has 1 saturated carbocycles. The predicted octanol–water partition coefficient (Wildman–Crippen LogP) is 3.05. The maximum absolute atomic E-state index is 12.7. The molecule has 1 aliphatic carbocycles. The maximum Gasteiger partial charge on any atom is 0.251 e. The summed E-state index contributed by atoms with van der Waals surface area (Å²) in [4.78, 5) is 14.7. The fourth-order valence-corrected chi connectivity index (χ4v) is 5.96. The van der Waals surface area contributed by atoms with Crippen LogP contribution in [0, 0.1) is 12.3 Å². The van der Waals surface area contributed by atoms with E-state index in [0.717, 1.165) is 45.4 Å². The molecule has 4 N–H and O–H groups in total. The summed E-state index contributed by atoms with van der Waals surface area (Å²) < 4.78 is 5.61. The second kappa shape index (κ2) is 8.49. The van der Waals surface area contributed by atoms with E-state index >= 15 is 0 Å². The van der Waals surface area contributed by atoms with Gasteiger partial charge in [0.2, 0.25) is 0 Å². The molecule has 1 spiro atoms. The van der Waals surface area contributed by atoms with Gasteiger partial charge >= 0.3 is 0 Å². The monoisotopic (exact) mass is 447 g/mol. The van der Waals surface area contributed by atoms with Gasteiger partial charge in [-0.3, -0.25) is 4.79 Å². The third-order valence-corrected chi connectivity index (χ3v) is 8.18. The van der Waals surface area contributed by atoms with E-state index in [9.17, 15) is 4.79 Å². The Labute approximate surface area is 195 Å². The molecule has 2 atom stereocenters. The summed E-state index contributed by atoms with van der Waals surface area (Å²) in [6.45, 7) is 4.66. The van der Waals surface area contributed by atoms with Gasteiger partial charge in [-0.15, -0.1) is 0 Å². The number of carbonyl (C=O) groups is 1. The summed E-state index contributed by atoms with van der Waals surface area (Å²) in [6.07, 6.45) is 5.23. The standard InChI is InChI=1S/C26H33N5O2/c1-17-4-5-20(24-27-29-30-28-24)15-21(17)18-6-8-19(9-7-18)22-16-26(22)10-12-31(13-11-26)25(32)23-3-2-14-33-23/h4-9,15,22-24,27-30H,2-3,10-14,16H2,1H3/t22-,23+/m0/s1. The Morgan fingerprint density at radius 1 is 1.03 bits per heavy atom. The Morgan fingerprint density at radius 3 is 2.45 bits per heavy atom. The highest BCUT2D eigenvalue weighted by Gasteiger charge is 2.55. The molecular formula is C26H33N5O2. The summed E-state index contributed by atoms with van der Waals surface area (Å²) in [6, 6.07) is 15.8. The number of hydrazine groups is 3. The molecule has 0 aromatic heterocycles. The van der Waals surface area contributed by atoms with Crippen LogP contribution in [0.5, 0.6) is 0 Å². The first kappa shape index (κ1) is 21.3. The number of rotatable bonds is 4. The lowest BCUT2D eigenvalue weighted by Gasteiger charge is -2.34. The van der Waals surface area contributed by atoms with Crippen LogP contribution >= 0.6 is 0 Å². The van der Waals surface area contributed by atoms with Crippen LogP contribution in [0.25, 0.3) is 11.1 Å². The number of aryl methyl sites for hydroxylation is 1. The van der Waals surface area contributed by atoms with Crippen LogP contribution in [-0.2, 0) is 9.53 Å². The van der Waals surface area contributed by atoms with Gasteiger partial charge in [0.15, 0.2) is 0 Å². The fraction of sp³-hybridized carbons (Fsp3) is 0.500. The number of hydrogen-bond donors (Lipinski definition) is 4. The van der Waals surface area contributed by atoms with E-state index in [0.29, 0.717) is 11.3 Å². The minimum absolute atomic E-state index is 0.0351. The van der Waals surface area contributed by atoms with Gasteiger partial charge in [0.25, 0.3) is 5.91 Å². The minimum Gasteiger partial charge on any atom is -0.368 e. The van der Waals surface area contributed by atoms with E-state index < -0.39 is 0 Å². The molecule has 1 amide bonds. The molecule has 0 radical (unpaired) electrons. The van der Waals surface area contributed by atoms with Gasteiger partial charge in [-0.25, -0.2) is 10.9 Å². The van der Waals surface area contributed by atoms with Crippen molar-refractivity contribution in [1.29, 1.82) is 0 Å². The van der Waals surface area contributed by atoms with E-state index in [1.54, 1.807) is 0 Å². The van der Waals surface area contributed by atoms with Crippen molar-refractivity contribution in [3.05, 3.63) is 59.2 Å². The number of nitrogens with one attached hydrogen (secondary N) is 4. The van der Waals surface area contributed by atoms with E-state index in [2.05, 4.69) is 76.2 Å². The molecule has 7 heteroatoms. The number of amides is 1. The predicted molar refractivity (Wildman–Crippen MR) is 126 cm³/mol. The number of likely N-dealkylation sites (tertiary alicyclic amines) is 1. The van der Waals surface area contributed by atoms with Crippen molar-refractivity contribution in [2.45, 2.75) is 57.2 Å². The highest BCUT2D eigenvalue weighted by molar-refractivity contribution is 5.81. The van der Waals surface area contributed by atoms with Crippen LogP contribution in [0.3, 0.4) is 0 Å². The summed E-state index contributed by atoms with van der Waals surface area (Å²) in [5.74, 6) is 0.846. The summed E-state index contributed by atoms with van der Waals surface area (Å²) in [5, 5.41) is 0. The highest BCUT2D eigenvalue weighted by Crippen LogP contribution is 2.65. The summed E-state index contributed by atoms with van der Waals surface area (Å²) >= 11 is 0. The lowest BCUT2D eigenvalue weighted by Crippen LogP contribution is -2.44. The molecule has 174 valence electrons. The van der Waals surface area contributed by atoms with Crippen molar-refractivity contribution in [3.8, 4) is 11.1 Å². The SMILES string of the molecule is Cc1ccc(C2NNNN2)cc1-c1ccc([C@@H]2CC23CCN(C(=O)[C@H]2CCCO2)CC3)cc1. The van der Waals surface area contributed by atoms with E-state index in [1.165, 1.54) is 34.2 Å². The Morgan fingerprint density at radius 2 is 1.76 bits per heavy atom. The van der Waals surface area contributed by atoms with Gasteiger partial charge in [0.1, 0.15) is 12.3 Å². The number of ether oxygens (including phenoxy) is 1. The second-order valence-electron chi connectivity index (χ2n) is 10.1. The highest BCUT2D eigenvalue weighted by atomic mass is 16.5. The Bertz CT molecular complexity index is 1020. The third-order valence-electron chi connectivity index (χ3n) is 8.18. The number of hydrogen-bond acceptors (Lipinski definition) is 6. The van der Waals surface area contributed by atoms with Crippen molar-refractivity contribution in [3.63, 3.8) is 0 Å². The second-order valence-corrected chi connectivity index (χ2v) is 10.1. The molecule has 3 aliphatic heterocycles. The van der Waals surface area contributed by atoms with Crippen molar-refractivity contribution >= 4 is 5.91 Å². The molecule has 3 heterocycles. The Hall–Kier alpha value is -2.29. The van der Waals surface area contributed by atoms with Gasteiger partial charge in [0.05, 0.1) is 0 Å². The molecular weight excluding hydrogens is 414 g/mol. The van der Waals surface area contributed by atoms with Crippen molar-refractivity contribution < 1.29 is 9.53 Å². The van der Waals surface area contributed by atoms with Gasteiger partial charge in [-0.05, 0) is 84.2 Å². The van der Waals surface area contributed by atoms with Crippen LogP contribution in [0.4, 0.5) is 0 Å². The van der Waals surface area contributed by atoms with Gasteiger partial charge in [-0.2, -0.15) is 11.1 Å². The molecule has 2 aromatic rings. The van der Waals surface area contributed by atoms with Gasteiger partial charge < -0.3 is 9.64 Å². The first-order chi connectivity index (χ1) is 16.1. The van der Waals surface area contributed by atoms with Gasteiger partial charge in [-0.1, -0.05) is 36.4 Å². The molecule has 3 saturated heterocycles. The quantitative estimate of drug-likeness (QED) is 0.577. The first-order valence-electron chi connectivity index (χ1n) is 12.3. The lowest BCUT2D eigenvalue weighted by molar-refractivity contribution is -0.142. The van der Waals surface area contributed by atoms with Crippen molar-refractivity contribution in [2.24, 2.45) is 5.41 Å². The first-order valence-corrected chi connectivity index (χ1v) is 12.3. The van der Waals surface area contributed by atoms with Crippen molar-refractivity contribution in [1.82, 2.24) is 26.8 Å². The Balaban J connectivity index is 1.12. The lowest BCUT2D eigenvalue weighted by atomic mass is 9.88. The zero-order valence-corrected chi connectivity index (χ0v) is 19.2. The minimum atomic E-state index is -0.184. The molecule has 0 bridgehead atoms. The molecule has 4 aliphatic rings. The van der Waals surface area contributed by atoms with Crippen LogP contribution in [-0.4, -0.2) is 36.6 Å². The maximum atomic E-state index is 12.7.